The summed E-state index contributed by atoms with van der Waals surface area (Å²) in [6.07, 6.45) is 1.06. The van der Waals surface area contributed by atoms with Crippen LogP contribution in [0.5, 0.6) is 0 Å². The molecule has 0 saturated heterocycles. The lowest BCUT2D eigenvalue weighted by molar-refractivity contribution is 0.0685. The van der Waals surface area contributed by atoms with Gasteiger partial charge in [0.2, 0.25) is 0 Å². The van der Waals surface area contributed by atoms with Crippen LogP contribution in [-0.2, 0) is 6.54 Å². The van der Waals surface area contributed by atoms with Gasteiger partial charge in [0.05, 0.1) is 6.54 Å². The highest BCUT2D eigenvalue weighted by Crippen LogP contribution is 2.07. The number of hydrogen-bond acceptors (Lipinski definition) is 4. The Bertz CT molecular complexity index is 322. The molecule has 15 heavy (non-hydrogen) atoms. The molecule has 0 bridgehead atoms. The predicted molar refractivity (Wildman–Crippen MR) is 54.7 cm³/mol. The van der Waals surface area contributed by atoms with E-state index in [1.807, 2.05) is 0 Å². The maximum absolute atomic E-state index is 10.6. The van der Waals surface area contributed by atoms with Crippen LogP contribution in [0.3, 0.4) is 0 Å². The summed E-state index contributed by atoms with van der Waals surface area (Å²) in [5.74, 6) is -0.453. The van der Waals surface area contributed by atoms with E-state index in [1.54, 1.807) is 0 Å². The minimum Gasteiger partial charge on any atom is -0.476 e. The van der Waals surface area contributed by atoms with Crippen molar-refractivity contribution in [1.82, 2.24) is 10.1 Å². The highest BCUT2D eigenvalue weighted by molar-refractivity contribution is 5.85. The first-order chi connectivity index (χ1) is 7.17. The molecular formula is C10H16N2O3. The van der Waals surface area contributed by atoms with E-state index in [0.29, 0.717) is 12.3 Å². The van der Waals surface area contributed by atoms with Gasteiger partial charge < -0.3 is 9.63 Å². The van der Waals surface area contributed by atoms with Gasteiger partial charge in [-0.15, -0.1) is 0 Å². The molecule has 0 spiro atoms. The topological polar surface area (TPSA) is 66.6 Å². The molecular weight excluding hydrogens is 196 g/mol. The molecule has 5 nitrogen and oxygen atoms in total. The normalized spacial score (nSPS) is 10.9. The third kappa shape index (κ3) is 3.36. The zero-order valence-electron chi connectivity index (χ0n) is 9.06. The molecule has 0 saturated carbocycles. The van der Waals surface area contributed by atoms with E-state index in [9.17, 15) is 4.79 Å². The first-order valence-corrected chi connectivity index (χ1v) is 5.08. The molecule has 0 atom stereocenters. The van der Waals surface area contributed by atoms with E-state index in [2.05, 4.69) is 23.9 Å². The molecule has 0 aliphatic rings. The fourth-order valence-electron chi connectivity index (χ4n) is 1.37. The van der Waals surface area contributed by atoms with Crippen molar-refractivity contribution >= 4 is 5.97 Å². The number of aromatic nitrogens is 1. The minimum atomic E-state index is -1.05. The van der Waals surface area contributed by atoms with Crippen molar-refractivity contribution in [2.45, 2.75) is 26.8 Å². The number of hydrogen-bond donors (Lipinski definition) is 1. The number of carbonyl (C=O) groups is 1. The van der Waals surface area contributed by atoms with Crippen molar-refractivity contribution in [2.75, 3.05) is 13.1 Å². The van der Waals surface area contributed by atoms with E-state index in [-0.39, 0.29) is 5.69 Å². The maximum Gasteiger partial charge on any atom is 0.358 e. The molecule has 1 aromatic rings. The monoisotopic (exact) mass is 212 g/mol. The molecule has 84 valence electrons. The second kappa shape index (κ2) is 5.50. The van der Waals surface area contributed by atoms with Gasteiger partial charge in [0, 0.05) is 6.07 Å². The van der Waals surface area contributed by atoms with Crippen LogP contribution in [0.2, 0.25) is 0 Å². The molecule has 0 unspecified atom stereocenters. The summed E-state index contributed by atoms with van der Waals surface area (Å²) in [6.45, 7) is 6.66. The van der Waals surface area contributed by atoms with E-state index >= 15 is 0 Å². The summed E-state index contributed by atoms with van der Waals surface area (Å²) in [5, 5.41) is 12.1. The molecule has 0 aliphatic heterocycles. The fraction of sp³-hybridized carbons (Fsp3) is 0.600. The minimum absolute atomic E-state index is 0.0300. The van der Waals surface area contributed by atoms with Gasteiger partial charge in [0.1, 0.15) is 0 Å². The number of carboxylic acids is 1. The maximum atomic E-state index is 10.6. The second-order valence-corrected chi connectivity index (χ2v) is 3.35. The van der Waals surface area contributed by atoms with E-state index in [1.165, 1.54) is 6.07 Å². The molecule has 1 N–H and O–H groups in total. The average Bonchev–Trinajstić information content (AvgIpc) is 2.65. The quantitative estimate of drug-likeness (QED) is 0.775. The van der Waals surface area contributed by atoms with Crippen LogP contribution in [0.25, 0.3) is 0 Å². The van der Waals surface area contributed by atoms with Crippen LogP contribution in [0.4, 0.5) is 0 Å². The molecule has 0 aromatic carbocycles. The van der Waals surface area contributed by atoms with Crippen molar-refractivity contribution in [3.8, 4) is 0 Å². The first-order valence-electron chi connectivity index (χ1n) is 5.08. The molecule has 0 fully saturated rings. The van der Waals surface area contributed by atoms with Gasteiger partial charge in [-0.3, -0.25) is 4.90 Å². The van der Waals surface area contributed by atoms with E-state index in [4.69, 9.17) is 9.63 Å². The lowest BCUT2D eigenvalue weighted by atomic mass is 10.3. The van der Waals surface area contributed by atoms with Gasteiger partial charge >= 0.3 is 5.97 Å². The molecule has 1 aromatic heterocycles. The Balaban J connectivity index is 2.59. The van der Waals surface area contributed by atoms with Gasteiger partial charge in [-0.25, -0.2) is 4.79 Å². The second-order valence-electron chi connectivity index (χ2n) is 3.35. The summed E-state index contributed by atoms with van der Waals surface area (Å²) in [5.41, 5.74) is -0.0300. The Morgan fingerprint density at radius 3 is 2.80 bits per heavy atom. The first kappa shape index (κ1) is 11.7. The zero-order chi connectivity index (χ0) is 11.3. The summed E-state index contributed by atoms with van der Waals surface area (Å²) in [7, 11) is 0. The molecule has 0 radical (unpaired) electrons. The Morgan fingerprint density at radius 1 is 1.60 bits per heavy atom. The van der Waals surface area contributed by atoms with Crippen molar-refractivity contribution in [3.63, 3.8) is 0 Å². The smallest absolute Gasteiger partial charge is 0.358 e. The Morgan fingerprint density at radius 2 is 2.33 bits per heavy atom. The van der Waals surface area contributed by atoms with Crippen LogP contribution in [-0.4, -0.2) is 34.2 Å². The molecule has 5 heteroatoms. The van der Waals surface area contributed by atoms with Gasteiger partial charge in [-0.05, 0) is 19.5 Å². The molecule has 0 aliphatic carbocycles. The Labute approximate surface area is 88.7 Å². The number of rotatable bonds is 6. The molecule has 1 heterocycles. The van der Waals surface area contributed by atoms with Crippen LogP contribution in [0.1, 0.15) is 36.5 Å². The predicted octanol–water partition coefficient (Wildman–Crippen LogP) is 1.60. The van der Waals surface area contributed by atoms with Crippen molar-refractivity contribution in [3.05, 3.63) is 17.5 Å². The third-order valence-electron chi connectivity index (χ3n) is 2.14. The van der Waals surface area contributed by atoms with Gasteiger partial charge in [-0.2, -0.15) is 0 Å². The van der Waals surface area contributed by atoms with Crippen LogP contribution < -0.4 is 0 Å². The lowest BCUT2D eigenvalue weighted by Gasteiger charge is -2.16. The van der Waals surface area contributed by atoms with Gasteiger partial charge in [0.25, 0.3) is 0 Å². The lowest BCUT2D eigenvalue weighted by Crippen LogP contribution is -2.23. The van der Waals surface area contributed by atoms with Gasteiger partial charge in [0.15, 0.2) is 11.5 Å². The van der Waals surface area contributed by atoms with Crippen molar-refractivity contribution < 1.29 is 14.4 Å². The average molecular weight is 212 g/mol. The van der Waals surface area contributed by atoms with Crippen LogP contribution in [0.15, 0.2) is 10.6 Å². The van der Waals surface area contributed by atoms with Gasteiger partial charge in [-0.1, -0.05) is 19.0 Å². The highest BCUT2D eigenvalue weighted by atomic mass is 16.5. The Kier molecular flexibility index (Phi) is 4.30. The highest BCUT2D eigenvalue weighted by Gasteiger charge is 2.12. The summed E-state index contributed by atoms with van der Waals surface area (Å²) in [4.78, 5) is 12.7. The fourth-order valence-corrected chi connectivity index (χ4v) is 1.37. The number of carboxylic acid groups (broad SMARTS) is 1. The Hall–Kier alpha value is -1.36. The summed E-state index contributed by atoms with van der Waals surface area (Å²) in [6, 6.07) is 1.47. The largest absolute Gasteiger partial charge is 0.476 e. The molecule has 0 amide bonds. The zero-order valence-corrected chi connectivity index (χ0v) is 9.06. The van der Waals surface area contributed by atoms with Crippen LogP contribution in [0, 0.1) is 0 Å². The summed E-state index contributed by atoms with van der Waals surface area (Å²) >= 11 is 0. The number of nitrogens with zero attached hydrogens (tertiary/aromatic N) is 2. The molecule has 1 rings (SSSR count). The van der Waals surface area contributed by atoms with Crippen molar-refractivity contribution in [2.24, 2.45) is 0 Å². The van der Waals surface area contributed by atoms with Crippen LogP contribution >= 0.6 is 0 Å². The summed E-state index contributed by atoms with van der Waals surface area (Å²) < 4.78 is 4.93. The van der Waals surface area contributed by atoms with E-state index in [0.717, 1.165) is 19.5 Å². The number of aromatic carboxylic acids is 1. The van der Waals surface area contributed by atoms with Crippen molar-refractivity contribution in [1.29, 1.82) is 0 Å². The third-order valence-corrected chi connectivity index (χ3v) is 2.14. The van der Waals surface area contributed by atoms with E-state index < -0.39 is 5.97 Å². The SMILES string of the molecule is CCCN(CC)Cc1cc(C(=O)O)no1. The standard InChI is InChI=1S/C10H16N2O3/c1-3-5-12(4-2)7-8-6-9(10(13)14)11-15-8/h6H,3-5,7H2,1-2H3,(H,13,14).